The molecular formula is C16H16F3N3O. The van der Waals surface area contributed by atoms with Crippen LogP contribution in [0.25, 0.3) is 0 Å². The Bertz CT molecular complexity index is 635. The molecule has 0 aliphatic carbocycles. The summed E-state index contributed by atoms with van der Waals surface area (Å²) in [6, 6.07) is 9.89. The number of anilines is 2. The van der Waals surface area contributed by atoms with Crippen LogP contribution in [0.4, 0.5) is 24.7 Å². The van der Waals surface area contributed by atoms with E-state index in [1.807, 2.05) is 24.3 Å². The van der Waals surface area contributed by atoms with Crippen molar-refractivity contribution in [3.05, 3.63) is 53.7 Å². The van der Waals surface area contributed by atoms with Crippen LogP contribution in [0.5, 0.6) is 0 Å². The van der Waals surface area contributed by atoms with Crippen LogP contribution in [0.2, 0.25) is 0 Å². The lowest BCUT2D eigenvalue weighted by molar-refractivity contribution is -0.137. The molecule has 1 aliphatic heterocycles. The fourth-order valence-electron chi connectivity index (χ4n) is 2.34. The molecular weight excluding hydrogens is 307 g/mol. The molecule has 0 saturated carbocycles. The molecule has 23 heavy (non-hydrogen) atoms. The summed E-state index contributed by atoms with van der Waals surface area (Å²) < 4.78 is 43.1. The van der Waals surface area contributed by atoms with Crippen molar-refractivity contribution in [2.45, 2.75) is 12.3 Å². The van der Waals surface area contributed by atoms with Crippen LogP contribution < -0.4 is 10.6 Å². The molecule has 122 valence electrons. The second-order valence-corrected chi connectivity index (χ2v) is 5.24. The number of nitrogens with zero attached hydrogens (tertiary/aromatic N) is 1. The number of alkyl halides is 3. The van der Waals surface area contributed by atoms with Crippen molar-refractivity contribution in [1.29, 1.82) is 0 Å². The lowest BCUT2D eigenvalue weighted by atomic mass is 10.1. The Balaban J connectivity index is 1.66. The van der Waals surface area contributed by atoms with Crippen molar-refractivity contribution in [3.8, 4) is 0 Å². The molecule has 2 heterocycles. The van der Waals surface area contributed by atoms with Gasteiger partial charge < -0.3 is 15.4 Å². The molecule has 0 bridgehead atoms. The molecule has 1 saturated heterocycles. The Morgan fingerprint density at radius 3 is 2.48 bits per heavy atom. The summed E-state index contributed by atoms with van der Waals surface area (Å²) in [6.07, 6.45) is -3.53. The van der Waals surface area contributed by atoms with E-state index in [1.54, 1.807) is 0 Å². The van der Waals surface area contributed by atoms with Gasteiger partial charge in [0.1, 0.15) is 5.82 Å². The normalized spacial score (nSPS) is 18.7. The lowest BCUT2D eigenvalue weighted by Crippen LogP contribution is -2.33. The highest BCUT2D eigenvalue weighted by atomic mass is 19.4. The summed E-state index contributed by atoms with van der Waals surface area (Å²) >= 11 is 0. The summed E-state index contributed by atoms with van der Waals surface area (Å²) in [5, 5.41) is 6.24. The fourth-order valence-corrected chi connectivity index (χ4v) is 2.34. The molecule has 2 aromatic rings. The minimum atomic E-state index is -4.37. The van der Waals surface area contributed by atoms with Gasteiger partial charge in [-0.2, -0.15) is 13.2 Å². The highest BCUT2D eigenvalue weighted by molar-refractivity contribution is 5.56. The molecule has 1 aromatic heterocycles. The van der Waals surface area contributed by atoms with Gasteiger partial charge >= 0.3 is 6.18 Å². The van der Waals surface area contributed by atoms with Gasteiger partial charge in [0.2, 0.25) is 0 Å². The van der Waals surface area contributed by atoms with E-state index in [9.17, 15) is 13.2 Å². The highest BCUT2D eigenvalue weighted by Crippen LogP contribution is 2.29. The number of hydrogen-bond donors (Lipinski definition) is 2. The molecule has 1 atom stereocenters. The predicted molar refractivity (Wildman–Crippen MR) is 80.5 cm³/mol. The van der Waals surface area contributed by atoms with E-state index in [1.165, 1.54) is 6.07 Å². The standard InChI is InChI=1S/C16H16F3N3O/c17-16(18,19)12-3-6-15(21-9-12)22-13-4-1-11(2-5-13)14-10-20-7-8-23-14/h1-6,9,14,20H,7-8,10H2,(H,21,22)/t14-/m1/s1. The van der Waals surface area contributed by atoms with Crippen molar-refractivity contribution in [2.24, 2.45) is 0 Å². The molecule has 0 spiro atoms. The van der Waals surface area contributed by atoms with Crippen LogP contribution in [-0.2, 0) is 10.9 Å². The van der Waals surface area contributed by atoms with Crippen molar-refractivity contribution in [2.75, 3.05) is 25.0 Å². The molecule has 3 rings (SSSR count). The monoisotopic (exact) mass is 323 g/mol. The molecule has 0 unspecified atom stereocenters. The van der Waals surface area contributed by atoms with E-state index in [-0.39, 0.29) is 6.10 Å². The average molecular weight is 323 g/mol. The van der Waals surface area contributed by atoms with Gasteiger partial charge in [0.15, 0.2) is 0 Å². The Hall–Kier alpha value is -2.12. The SMILES string of the molecule is FC(F)(F)c1ccc(Nc2ccc([C@H]3CNCCO3)cc2)nc1. The van der Waals surface area contributed by atoms with Crippen molar-refractivity contribution < 1.29 is 17.9 Å². The van der Waals surface area contributed by atoms with E-state index in [4.69, 9.17) is 4.74 Å². The number of nitrogens with one attached hydrogen (secondary N) is 2. The zero-order valence-corrected chi connectivity index (χ0v) is 12.2. The smallest absolute Gasteiger partial charge is 0.371 e. The van der Waals surface area contributed by atoms with Gasteiger partial charge in [0.25, 0.3) is 0 Å². The Kier molecular flexibility index (Phi) is 4.49. The first-order valence-electron chi connectivity index (χ1n) is 7.25. The average Bonchev–Trinajstić information content (AvgIpc) is 2.56. The summed E-state index contributed by atoms with van der Waals surface area (Å²) in [6.45, 7) is 2.31. The third kappa shape index (κ3) is 4.00. The molecule has 0 amide bonds. The van der Waals surface area contributed by atoms with Crippen LogP contribution in [-0.4, -0.2) is 24.7 Å². The second-order valence-electron chi connectivity index (χ2n) is 5.24. The zero-order chi connectivity index (χ0) is 16.3. The van der Waals surface area contributed by atoms with E-state index < -0.39 is 11.7 Å². The maximum atomic E-state index is 12.5. The number of aromatic nitrogens is 1. The van der Waals surface area contributed by atoms with Crippen LogP contribution in [0, 0.1) is 0 Å². The van der Waals surface area contributed by atoms with Crippen LogP contribution in [0.1, 0.15) is 17.2 Å². The maximum Gasteiger partial charge on any atom is 0.417 e. The number of hydrogen-bond acceptors (Lipinski definition) is 4. The van der Waals surface area contributed by atoms with E-state index in [0.717, 1.165) is 36.6 Å². The molecule has 1 fully saturated rings. The lowest BCUT2D eigenvalue weighted by Gasteiger charge is -2.24. The van der Waals surface area contributed by atoms with Crippen molar-refractivity contribution in [1.82, 2.24) is 10.3 Å². The van der Waals surface area contributed by atoms with Gasteiger partial charge in [-0.1, -0.05) is 12.1 Å². The molecule has 7 heteroatoms. The summed E-state index contributed by atoms with van der Waals surface area (Å²) in [7, 11) is 0. The van der Waals surface area contributed by atoms with E-state index in [0.29, 0.717) is 12.4 Å². The molecule has 1 aromatic carbocycles. The van der Waals surface area contributed by atoms with Crippen molar-refractivity contribution >= 4 is 11.5 Å². The quantitative estimate of drug-likeness (QED) is 0.907. The van der Waals surface area contributed by atoms with Gasteiger partial charge in [-0.15, -0.1) is 0 Å². The minimum absolute atomic E-state index is 0.0296. The molecule has 4 nitrogen and oxygen atoms in total. The van der Waals surface area contributed by atoms with Gasteiger partial charge in [-0.05, 0) is 29.8 Å². The summed E-state index contributed by atoms with van der Waals surface area (Å²) in [5.41, 5.74) is 1.05. The number of benzene rings is 1. The van der Waals surface area contributed by atoms with Crippen molar-refractivity contribution in [3.63, 3.8) is 0 Å². The Labute approximate surface area is 131 Å². The van der Waals surface area contributed by atoms with Gasteiger partial charge in [-0.25, -0.2) is 4.98 Å². The second kappa shape index (κ2) is 6.55. The van der Waals surface area contributed by atoms with Crippen LogP contribution in [0.3, 0.4) is 0 Å². The largest absolute Gasteiger partial charge is 0.417 e. The van der Waals surface area contributed by atoms with Crippen LogP contribution in [0.15, 0.2) is 42.6 Å². The molecule has 0 radical (unpaired) electrons. The number of morpholine rings is 1. The van der Waals surface area contributed by atoms with Crippen LogP contribution >= 0.6 is 0 Å². The predicted octanol–water partition coefficient (Wildman–Crippen LogP) is 3.50. The highest BCUT2D eigenvalue weighted by Gasteiger charge is 2.30. The van der Waals surface area contributed by atoms with Gasteiger partial charge in [0.05, 0.1) is 18.3 Å². The van der Waals surface area contributed by atoms with E-state index >= 15 is 0 Å². The van der Waals surface area contributed by atoms with Gasteiger partial charge in [-0.3, -0.25) is 0 Å². The maximum absolute atomic E-state index is 12.5. The summed E-state index contributed by atoms with van der Waals surface area (Å²) in [4.78, 5) is 3.79. The Morgan fingerprint density at radius 2 is 1.91 bits per heavy atom. The first-order chi connectivity index (χ1) is 11.0. The van der Waals surface area contributed by atoms with Gasteiger partial charge in [0, 0.05) is 25.0 Å². The molecule has 2 N–H and O–H groups in total. The number of pyridine rings is 1. The summed E-state index contributed by atoms with van der Waals surface area (Å²) in [5.74, 6) is 0.362. The third-order valence-electron chi connectivity index (χ3n) is 3.57. The number of ether oxygens (including phenoxy) is 1. The third-order valence-corrected chi connectivity index (χ3v) is 3.57. The first kappa shape index (κ1) is 15.8. The number of rotatable bonds is 3. The zero-order valence-electron chi connectivity index (χ0n) is 12.2. The first-order valence-corrected chi connectivity index (χ1v) is 7.25. The Morgan fingerprint density at radius 1 is 1.13 bits per heavy atom. The molecule has 1 aliphatic rings. The number of halogens is 3. The fraction of sp³-hybridized carbons (Fsp3) is 0.312. The van der Waals surface area contributed by atoms with E-state index in [2.05, 4.69) is 15.6 Å². The topological polar surface area (TPSA) is 46.2 Å². The minimum Gasteiger partial charge on any atom is -0.371 e.